The fraction of sp³-hybridized carbons (Fsp3) is 0.333. The van der Waals surface area contributed by atoms with Crippen LogP contribution in [0.3, 0.4) is 0 Å². The Morgan fingerprint density at radius 3 is 2.93 bits per heavy atom. The van der Waals surface area contributed by atoms with E-state index in [1.165, 1.54) is 0 Å². The normalized spacial score (nSPS) is 10.7. The number of aryl methyl sites for hydroxylation is 1. The Hall–Kier alpha value is -1.62. The van der Waals surface area contributed by atoms with Crippen molar-refractivity contribution in [3.05, 3.63) is 35.4 Å². The number of rotatable bonds is 3. The van der Waals surface area contributed by atoms with Crippen LogP contribution in [0.1, 0.15) is 17.0 Å². The third-order valence-electron chi connectivity index (χ3n) is 2.13. The van der Waals surface area contributed by atoms with E-state index in [4.69, 9.17) is 5.73 Å². The first-order valence-electron chi connectivity index (χ1n) is 4.42. The zero-order valence-corrected chi connectivity index (χ0v) is 7.97. The average Bonchev–Trinajstić information content (AvgIpc) is 2.77. The molecular weight excluding hydrogens is 180 g/mol. The van der Waals surface area contributed by atoms with Crippen molar-refractivity contribution >= 4 is 0 Å². The van der Waals surface area contributed by atoms with Gasteiger partial charge in [0.15, 0.2) is 0 Å². The van der Waals surface area contributed by atoms with Crippen LogP contribution in [0.4, 0.5) is 0 Å². The van der Waals surface area contributed by atoms with Crippen LogP contribution in [0.2, 0.25) is 0 Å². The molecule has 5 nitrogen and oxygen atoms in total. The second kappa shape index (κ2) is 3.63. The van der Waals surface area contributed by atoms with Crippen LogP contribution in [-0.4, -0.2) is 14.9 Å². The van der Waals surface area contributed by atoms with Crippen molar-refractivity contribution in [2.45, 2.75) is 20.0 Å². The van der Waals surface area contributed by atoms with Crippen molar-refractivity contribution in [3.63, 3.8) is 0 Å². The molecule has 2 N–H and O–H groups in total. The molecule has 0 saturated carbocycles. The zero-order chi connectivity index (χ0) is 9.97. The number of hydrogen-bond donors (Lipinski definition) is 1. The Balaban J connectivity index is 2.15. The molecule has 2 rings (SSSR count). The maximum absolute atomic E-state index is 5.51. The quantitative estimate of drug-likeness (QED) is 0.776. The summed E-state index contributed by atoms with van der Waals surface area (Å²) in [6.07, 6.45) is 3.96. The van der Waals surface area contributed by atoms with Gasteiger partial charge >= 0.3 is 0 Å². The lowest BCUT2D eigenvalue weighted by atomic mass is 10.3. The fourth-order valence-corrected chi connectivity index (χ4v) is 1.28. The molecule has 74 valence electrons. The van der Waals surface area contributed by atoms with E-state index in [0.717, 1.165) is 17.0 Å². The predicted molar refractivity (Wildman–Crippen MR) is 50.5 cm³/mol. The molecule has 14 heavy (non-hydrogen) atoms. The largest absolute Gasteiger partial charge is 0.348 e. The third kappa shape index (κ3) is 1.67. The molecule has 0 bridgehead atoms. The summed E-state index contributed by atoms with van der Waals surface area (Å²) >= 11 is 0. The summed E-state index contributed by atoms with van der Waals surface area (Å²) in [5.74, 6) is 0. The molecule has 2 aromatic heterocycles. The molecule has 0 radical (unpaired) electrons. The molecule has 0 aliphatic heterocycles. The van der Waals surface area contributed by atoms with Gasteiger partial charge in [0.2, 0.25) is 0 Å². The molecule has 0 aliphatic carbocycles. The SMILES string of the molecule is Cc1nonc1Cn1ccc(CN)c1. The van der Waals surface area contributed by atoms with Gasteiger partial charge in [0.25, 0.3) is 0 Å². The Morgan fingerprint density at radius 2 is 2.36 bits per heavy atom. The van der Waals surface area contributed by atoms with Crippen molar-refractivity contribution in [1.82, 2.24) is 14.9 Å². The van der Waals surface area contributed by atoms with E-state index in [-0.39, 0.29) is 0 Å². The first kappa shape index (κ1) is 8.96. The molecule has 0 aliphatic rings. The molecule has 0 spiro atoms. The highest BCUT2D eigenvalue weighted by Gasteiger charge is 2.05. The minimum atomic E-state index is 0.559. The van der Waals surface area contributed by atoms with E-state index in [1.807, 2.05) is 30.0 Å². The number of nitrogens with zero attached hydrogens (tertiary/aromatic N) is 3. The third-order valence-corrected chi connectivity index (χ3v) is 2.13. The maximum Gasteiger partial charge on any atom is 0.127 e. The van der Waals surface area contributed by atoms with E-state index in [1.54, 1.807) is 0 Å². The molecule has 5 heteroatoms. The lowest BCUT2D eigenvalue weighted by Gasteiger charge is -1.97. The van der Waals surface area contributed by atoms with Gasteiger partial charge < -0.3 is 10.3 Å². The standard InChI is InChI=1S/C9H12N4O/c1-7-9(12-14-11-7)6-13-3-2-8(4-10)5-13/h2-3,5H,4,6,10H2,1H3. The van der Waals surface area contributed by atoms with E-state index in [9.17, 15) is 0 Å². The summed E-state index contributed by atoms with van der Waals surface area (Å²) < 4.78 is 6.62. The molecule has 0 saturated heterocycles. The van der Waals surface area contributed by atoms with Gasteiger partial charge in [-0.25, -0.2) is 4.63 Å². The second-order valence-corrected chi connectivity index (χ2v) is 3.19. The van der Waals surface area contributed by atoms with E-state index < -0.39 is 0 Å². The highest BCUT2D eigenvalue weighted by atomic mass is 16.6. The van der Waals surface area contributed by atoms with Crippen LogP contribution >= 0.6 is 0 Å². The maximum atomic E-state index is 5.51. The van der Waals surface area contributed by atoms with Crippen LogP contribution in [0.15, 0.2) is 23.1 Å². The molecule has 0 fully saturated rings. The van der Waals surface area contributed by atoms with Crippen molar-refractivity contribution in [3.8, 4) is 0 Å². The monoisotopic (exact) mass is 192 g/mol. The van der Waals surface area contributed by atoms with Crippen LogP contribution in [0.25, 0.3) is 0 Å². The average molecular weight is 192 g/mol. The fourth-order valence-electron chi connectivity index (χ4n) is 1.28. The summed E-state index contributed by atoms with van der Waals surface area (Å²) in [5.41, 5.74) is 8.29. The molecule has 0 unspecified atom stereocenters. The minimum Gasteiger partial charge on any atom is -0.348 e. The van der Waals surface area contributed by atoms with Gasteiger partial charge in [0.05, 0.1) is 6.54 Å². The summed E-state index contributed by atoms with van der Waals surface area (Å²) in [4.78, 5) is 0. The van der Waals surface area contributed by atoms with Crippen molar-refractivity contribution < 1.29 is 4.63 Å². The van der Waals surface area contributed by atoms with Crippen LogP contribution < -0.4 is 5.73 Å². The Kier molecular flexibility index (Phi) is 2.32. The second-order valence-electron chi connectivity index (χ2n) is 3.19. The molecular formula is C9H12N4O. The topological polar surface area (TPSA) is 69.9 Å². The summed E-state index contributed by atoms with van der Waals surface area (Å²) in [6.45, 7) is 3.11. The molecule has 0 atom stereocenters. The van der Waals surface area contributed by atoms with E-state index >= 15 is 0 Å². The number of aromatic nitrogens is 3. The molecule has 0 amide bonds. The van der Waals surface area contributed by atoms with Gasteiger partial charge in [-0.1, -0.05) is 10.3 Å². The minimum absolute atomic E-state index is 0.559. The van der Waals surface area contributed by atoms with Crippen LogP contribution in [0, 0.1) is 6.92 Å². The lowest BCUT2D eigenvalue weighted by Crippen LogP contribution is -1.99. The lowest BCUT2D eigenvalue weighted by molar-refractivity contribution is 0.300. The van der Waals surface area contributed by atoms with E-state index in [2.05, 4.69) is 14.9 Å². The van der Waals surface area contributed by atoms with Gasteiger partial charge in [-0.3, -0.25) is 0 Å². The van der Waals surface area contributed by atoms with E-state index in [0.29, 0.717) is 13.1 Å². The zero-order valence-electron chi connectivity index (χ0n) is 7.97. The highest BCUT2D eigenvalue weighted by Crippen LogP contribution is 2.06. The van der Waals surface area contributed by atoms with Gasteiger partial charge in [-0.2, -0.15) is 0 Å². The molecule has 2 heterocycles. The Bertz CT molecular complexity index is 418. The van der Waals surface area contributed by atoms with Crippen molar-refractivity contribution in [2.75, 3.05) is 0 Å². The van der Waals surface area contributed by atoms with Crippen LogP contribution in [0.5, 0.6) is 0 Å². The summed E-state index contributed by atoms with van der Waals surface area (Å²) in [6, 6.07) is 1.99. The van der Waals surface area contributed by atoms with Crippen molar-refractivity contribution in [1.29, 1.82) is 0 Å². The number of hydrogen-bond acceptors (Lipinski definition) is 4. The summed E-state index contributed by atoms with van der Waals surface area (Å²) in [7, 11) is 0. The Labute approximate surface area is 81.5 Å². The first-order chi connectivity index (χ1) is 6.79. The van der Waals surface area contributed by atoms with Gasteiger partial charge in [-0.15, -0.1) is 0 Å². The predicted octanol–water partition coefficient (Wildman–Crippen LogP) is 0.687. The molecule has 0 aromatic carbocycles. The number of nitrogens with two attached hydrogens (primary N) is 1. The Morgan fingerprint density at radius 1 is 1.50 bits per heavy atom. The summed E-state index contributed by atoms with van der Waals surface area (Å²) in [5, 5.41) is 7.52. The van der Waals surface area contributed by atoms with Crippen LogP contribution in [-0.2, 0) is 13.1 Å². The smallest absolute Gasteiger partial charge is 0.127 e. The van der Waals surface area contributed by atoms with Gasteiger partial charge in [0, 0.05) is 18.9 Å². The van der Waals surface area contributed by atoms with Crippen molar-refractivity contribution in [2.24, 2.45) is 5.73 Å². The highest BCUT2D eigenvalue weighted by molar-refractivity contribution is 5.12. The van der Waals surface area contributed by atoms with Gasteiger partial charge in [-0.05, 0) is 18.6 Å². The first-order valence-corrected chi connectivity index (χ1v) is 4.42. The molecule has 2 aromatic rings. The van der Waals surface area contributed by atoms with Gasteiger partial charge in [0.1, 0.15) is 11.4 Å².